The summed E-state index contributed by atoms with van der Waals surface area (Å²) in [5.41, 5.74) is 0. The maximum absolute atomic E-state index is 5.47. The number of thiophene rings is 1. The van der Waals surface area contributed by atoms with Gasteiger partial charge in [0.15, 0.2) is 8.96 Å². The molecule has 0 aliphatic carbocycles. The van der Waals surface area contributed by atoms with Crippen molar-refractivity contribution in [3.63, 3.8) is 0 Å². The van der Waals surface area contributed by atoms with Crippen LogP contribution in [0.15, 0.2) is 11.4 Å². The average molecular weight is 244 g/mol. The largest absolute Gasteiger partial charge is 0.492 e. The van der Waals surface area contributed by atoms with Gasteiger partial charge in [0.25, 0.3) is 0 Å². The first-order valence-electron chi connectivity index (χ1n) is 4.07. The van der Waals surface area contributed by atoms with E-state index in [0.717, 1.165) is 15.6 Å². The standard InChI is InChI=1S/C8H8N2OS3/c1-2-11-5-3-4-13-6(5)7-9-10-8(12)14-7/h3-4H,2H2,1H3,(H,10,12). The highest BCUT2D eigenvalue weighted by Crippen LogP contribution is 2.36. The van der Waals surface area contributed by atoms with Crippen LogP contribution in [-0.2, 0) is 0 Å². The zero-order valence-corrected chi connectivity index (χ0v) is 9.89. The topological polar surface area (TPSA) is 37.9 Å². The van der Waals surface area contributed by atoms with Gasteiger partial charge in [0, 0.05) is 0 Å². The quantitative estimate of drug-likeness (QED) is 0.842. The molecule has 0 radical (unpaired) electrons. The van der Waals surface area contributed by atoms with Gasteiger partial charge in [-0.05, 0) is 30.6 Å². The van der Waals surface area contributed by atoms with E-state index in [9.17, 15) is 0 Å². The Bertz CT molecular complexity index is 471. The Kier molecular flexibility index (Phi) is 2.95. The van der Waals surface area contributed by atoms with Crippen LogP contribution in [0.5, 0.6) is 5.75 Å². The molecule has 2 heterocycles. The van der Waals surface area contributed by atoms with Crippen molar-refractivity contribution in [3.05, 3.63) is 15.4 Å². The highest BCUT2D eigenvalue weighted by molar-refractivity contribution is 7.73. The molecule has 0 atom stereocenters. The van der Waals surface area contributed by atoms with Gasteiger partial charge in [0.2, 0.25) is 0 Å². The SMILES string of the molecule is CCOc1ccsc1-c1n[nH]c(=S)s1. The highest BCUT2D eigenvalue weighted by atomic mass is 32.1. The fourth-order valence-corrected chi connectivity index (χ4v) is 2.87. The van der Waals surface area contributed by atoms with E-state index in [1.54, 1.807) is 11.3 Å². The molecule has 6 heteroatoms. The lowest BCUT2D eigenvalue weighted by Crippen LogP contribution is -1.90. The number of rotatable bonds is 3. The van der Waals surface area contributed by atoms with Gasteiger partial charge in [-0.15, -0.1) is 11.3 Å². The van der Waals surface area contributed by atoms with E-state index in [0.29, 0.717) is 10.6 Å². The molecule has 3 nitrogen and oxygen atoms in total. The third-order valence-corrected chi connectivity index (χ3v) is 3.70. The minimum atomic E-state index is 0.666. The fourth-order valence-electron chi connectivity index (χ4n) is 1.05. The Hall–Kier alpha value is -0.720. The van der Waals surface area contributed by atoms with Crippen LogP contribution in [0.4, 0.5) is 0 Å². The van der Waals surface area contributed by atoms with Gasteiger partial charge in [0.1, 0.15) is 10.6 Å². The van der Waals surface area contributed by atoms with Crippen molar-refractivity contribution in [2.75, 3.05) is 6.61 Å². The Morgan fingerprint density at radius 2 is 2.50 bits per heavy atom. The Morgan fingerprint density at radius 3 is 3.14 bits per heavy atom. The van der Waals surface area contributed by atoms with Gasteiger partial charge in [-0.1, -0.05) is 11.3 Å². The monoisotopic (exact) mass is 244 g/mol. The van der Waals surface area contributed by atoms with Crippen molar-refractivity contribution in [3.8, 4) is 15.6 Å². The predicted octanol–water partition coefficient (Wildman–Crippen LogP) is 3.33. The summed E-state index contributed by atoms with van der Waals surface area (Å²) in [6.45, 7) is 2.63. The third kappa shape index (κ3) is 1.87. The van der Waals surface area contributed by atoms with Crippen molar-refractivity contribution >= 4 is 34.9 Å². The maximum Gasteiger partial charge on any atom is 0.176 e. The van der Waals surface area contributed by atoms with E-state index in [1.807, 2.05) is 18.4 Å². The van der Waals surface area contributed by atoms with E-state index in [2.05, 4.69) is 10.2 Å². The molecule has 0 fully saturated rings. The Morgan fingerprint density at radius 1 is 1.64 bits per heavy atom. The van der Waals surface area contributed by atoms with E-state index in [1.165, 1.54) is 11.3 Å². The van der Waals surface area contributed by atoms with E-state index < -0.39 is 0 Å². The molecular weight excluding hydrogens is 236 g/mol. The lowest BCUT2D eigenvalue weighted by atomic mass is 10.4. The number of hydrogen-bond acceptors (Lipinski definition) is 5. The summed E-state index contributed by atoms with van der Waals surface area (Å²) < 4.78 is 6.16. The summed E-state index contributed by atoms with van der Waals surface area (Å²) in [5, 5.41) is 9.77. The molecule has 0 saturated carbocycles. The van der Waals surface area contributed by atoms with Crippen LogP contribution in [0.1, 0.15) is 6.92 Å². The summed E-state index contributed by atoms with van der Waals surface area (Å²) in [4.78, 5) is 1.05. The average Bonchev–Trinajstić information content (AvgIpc) is 2.74. The number of nitrogens with zero attached hydrogens (tertiary/aromatic N) is 1. The molecule has 0 unspecified atom stereocenters. The van der Waals surface area contributed by atoms with Gasteiger partial charge in [-0.2, -0.15) is 5.10 Å². The normalized spacial score (nSPS) is 10.4. The van der Waals surface area contributed by atoms with Crippen LogP contribution in [0, 0.1) is 3.95 Å². The van der Waals surface area contributed by atoms with Gasteiger partial charge < -0.3 is 4.74 Å². The summed E-state index contributed by atoms with van der Waals surface area (Å²) in [6, 6.07) is 1.95. The number of H-pyrrole nitrogens is 1. The second-order valence-corrected chi connectivity index (χ2v) is 5.05. The second kappa shape index (κ2) is 4.20. The minimum absolute atomic E-state index is 0.666. The molecule has 2 aromatic rings. The zero-order valence-electron chi connectivity index (χ0n) is 7.44. The van der Waals surface area contributed by atoms with Crippen LogP contribution in [-0.4, -0.2) is 16.8 Å². The smallest absolute Gasteiger partial charge is 0.176 e. The molecule has 0 aliphatic heterocycles. The second-order valence-electron chi connectivity index (χ2n) is 2.47. The molecule has 1 N–H and O–H groups in total. The molecule has 0 saturated heterocycles. The number of aromatic nitrogens is 2. The van der Waals surface area contributed by atoms with E-state index in [-0.39, 0.29) is 0 Å². The molecule has 2 rings (SSSR count). The van der Waals surface area contributed by atoms with Crippen molar-refractivity contribution in [1.29, 1.82) is 0 Å². The van der Waals surface area contributed by atoms with E-state index >= 15 is 0 Å². The van der Waals surface area contributed by atoms with Gasteiger partial charge in [-0.25, -0.2) is 0 Å². The minimum Gasteiger partial charge on any atom is -0.492 e. The molecule has 14 heavy (non-hydrogen) atoms. The van der Waals surface area contributed by atoms with Gasteiger partial charge in [0.05, 0.1) is 6.61 Å². The predicted molar refractivity (Wildman–Crippen MR) is 61.8 cm³/mol. The van der Waals surface area contributed by atoms with Gasteiger partial charge in [-0.3, -0.25) is 5.10 Å². The van der Waals surface area contributed by atoms with Crippen LogP contribution in [0.2, 0.25) is 0 Å². The summed E-state index contributed by atoms with van der Waals surface area (Å²) in [7, 11) is 0. The Labute approximate surface area is 94.4 Å². The molecule has 0 amide bonds. The van der Waals surface area contributed by atoms with Crippen molar-refractivity contribution < 1.29 is 4.74 Å². The zero-order chi connectivity index (χ0) is 9.97. The summed E-state index contributed by atoms with van der Waals surface area (Å²) in [6.07, 6.45) is 0. The fraction of sp³-hybridized carbons (Fsp3) is 0.250. The summed E-state index contributed by atoms with van der Waals surface area (Å²) >= 11 is 8.06. The molecule has 0 aliphatic rings. The lowest BCUT2D eigenvalue weighted by molar-refractivity contribution is 0.343. The third-order valence-electron chi connectivity index (χ3n) is 1.56. The van der Waals surface area contributed by atoms with Crippen LogP contribution in [0.3, 0.4) is 0 Å². The lowest BCUT2D eigenvalue weighted by Gasteiger charge is -2.00. The number of ether oxygens (including phenoxy) is 1. The Balaban J connectivity index is 2.40. The molecule has 2 aromatic heterocycles. The highest BCUT2D eigenvalue weighted by Gasteiger charge is 2.10. The van der Waals surface area contributed by atoms with Crippen molar-refractivity contribution in [2.24, 2.45) is 0 Å². The van der Waals surface area contributed by atoms with Crippen LogP contribution < -0.4 is 4.74 Å². The van der Waals surface area contributed by atoms with Crippen molar-refractivity contribution in [1.82, 2.24) is 10.2 Å². The first-order chi connectivity index (χ1) is 6.81. The summed E-state index contributed by atoms with van der Waals surface area (Å²) in [5.74, 6) is 0.884. The molecular formula is C8H8N2OS3. The van der Waals surface area contributed by atoms with Gasteiger partial charge >= 0.3 is 0 Å². The first-order valence-corrected chi connectivity index (χ1v) is 6.18. The molecule has 0 aromatic carbocycles. The van der Waals surface area contributed by atoms with Crippen LogP contribution in [0.25, 0.3) is 9.88 Å². The maximum atomic E-state index is 5.47. The van der Waals surface area contributed by atoms with E-state index in [4.69, 9.17) is 17.0 Å². The number of nitrogens with one attached hydrogen (secondary N) is 1. The number of hydrogen-bond donors (Lipinski definition) is 1. The molecule has 0 bridgehead atoms. The molecule has 74 valence electrons. The van der Waals surface area contributed by atoms with Crippen molar-refractivity contribution in [2.45, 2.75) is 6.92 Å². The van der Waals surface area contributed by atoms with Crippen LogP contribution >= 0.6 is 34.9 Å². The first kappa shape index (κ1) is 9.82. The molecule has 0 spiro atoms. The number of aromatic amines is 1.